The first-order chi connectivity index (χ1) is 16.4. The lowest BCUT2D eigenvalue weighted by Gasteiger charge is -2.56. The van der Waals surface area contributed by atoms with Crippen molar-refractivity contribution in [3.05, 3.63) is 59.5 Å². The van der Waals surface area contributed by atoms with Crippen LogP contribution in [0.2, 0.25) is 0 Å². The number of hydrogen-bond acceptors (Lipinski definition) is 6. The van der Waals surface area contributed by atoms with E-state index in [4.69, 9.17) is 4.74 Å². The van der Waals surface area contributed by atoms with Gasteiger partial charge in [-0.1, -0.05) is 0 Å². The van der Waals surface area contributed by atoms with Gasteiger partial charge in [0.2, 0.25) is 5.91 Å². The number of nitrogens with one attached hydrogen (secondary N) is 1. The fraction of sp³-hybridized carbons (Fsp3) is 0.400. The van der Waals surface area contributed by atoms with Crippen LogP contribution in [0, 0.1) is 0 Å². The Morgan fingerprint density at radius 2 is 2.06 bits per heavy atom. The molecule has 0 bridgehead atoms. The maximum Gasteiger partial charge on any atom is 0.255 e. The fourth-order valence-electron chi connectivity index (χ4n) is 5.39. The summed E-state index contributed by atoms with van der Waals surface area (Å²) in [6, 6.07) is 8.90. The molecule has 0 unspecified atom stereocenters. The number of hydrogen-bond donors (Lipinski definition) is 2. The van der Waals surface area contributed by atoms with Gasteiger partial charge in [-0.05, 0) is 43.9 Å². The van der Waals surface area contributed by atoms with E-state index in [-0.39, 0.29) is 25.0 Å². The Hall–Kier alpha value is -3.43. The Labute approximate surface area is 197 Å². The van der Waals surface area contributed by atoms with E-state index in [1.54, 1.807) is 41.4 Å². The molecule has 34 heavy (non-hydrogen) atoms. The maximum absolute atomic E-state index is 13.2. The fourth-order valence-corrected chi connectivity index (χ4v) is 5.39. The molecule has 0 aliphatic carbocycles. The van der Waals surface area contributed by atoms with E-state index < -0.39 is 11.5 Å². The molecule has 0 radical (unpaired) electrons. The highest BCUT2D eigenvalue weighted by atomic mass is 16.5. The minimum absolute atomic E-state index is 0.0534. The molecular weight excluding hydrogens is 434 g/mol. The normalized spacial score (nSPS) is 18.8. The molecule has 3 aromatic rings. The van der Waals surface area contributed by atoms with Gasteiger partial charge in [0.1, 0.15) is 5.75 Å². The van der Waals surface area contributed by atoms with E-state index >= 15 is 0 Å². The highest BCUT2D eigenvalue weighted by Crippen LogP contribution is 2.48. The second kappa shape index (κ2) is 8.41. The van der Waals surface area contributed by atoms with Gasteiger partial charge < -0.3 is 29.5 Å². The Morgan fingerprint density at radius 1 is 1.26 bits per heavy atom. The van der Waals surface area contributed by atoms with Gasteiger partial charge in [-0.3, -0.25) is 14.6 Å². The van der Waals surface area contributed by atoms with Crippen LogP contribution < -0.4 is 4.74 Å². The van der Waals surface area contributed by atoms with Crippen molar-refractivity contribution in [2.24, 2.45) is 0 Å². The summed E-state index contributed by atoms with van der Waals surface area (Å²) < 4.78 is 5.40. The summed E-state index contributed by atoms with van der Waals surface area (Å²) in [5, 5.41) is 11.4. The number of benzene rings is 1. The Kier molecular flexibility index (Phi) is 5.53. The Morgan fingerprint density at radius 3 is 2.71 bits per heavy atom. The van der Waals surface area contributed by atoms with Crippen LogP contribution in [0.3, 0.4) is 0 Å². The second-order valence-electron chi connectivity index (χ2n) is 9.47. The van der Waals surface area contributed by atoms with Gasteiger partial charge in [-0.2, -0.15) is 0 Å². The second-order valence-corrected chi connectivity index (χ2v) is 9.47. The number of likely N-dealkylation sites (N-methyl/N-ethyl adjacent to an activating group) is 1. The third-order valence-electron chi connectivity index (χ3n) is 6.88. The van der Waals surface area contributed by atoms with E-state index in [1.807, 2.05) is 37.2 Å². The molecule has 1 spiro atoms. The summed E-state index contributed by atoms with van der Waals surface area (Å²) in [5.74, 6) is 0.600. The predicted molar refractivity (Wildman–Crippen MR) is 127 cm³/mol. The molecule has 2 aliphatic rings. The van der Waals surface area contributed by atoms with Crippen molar-refractivity contribution in [2.45, 2.75) is 11.5 Å². The molecule has 2 N–H and O–H groups in total. The number of methoxy groups -OCH3 is 1. The third kappa shape index (κ3) is 3.52. The number of aromatic amines is 1. The summed E-state index contributed by atoms with van der Waals surface area (Å²) in [6.45, 7) is 1.46. The Bertz CT molecular complexity index is 1230. The number of aliphatic hydroxyl groups excluding tert-OH is 1. The van der Waals surface area contributed by atoms with Crippen molar-refractivity contribution in [1.29, 1.82) is 0 Å². The number of ether oxygens (including phenoxy) is 1. The minimum atomic E-state index is -0.477. The van der Waals surface area contributed by atoms with E-state index in [2.05, 4.69) is 9.97 Å². The first kappa shape index (κ1) is 22.4. The molecule has 2 aromatic heterocycles. The average Bonchev–Trinajstić information content (AvgIpc) is 3.20. The van der Waals surface area contributed by atoms with Crippen molar-refractivity contribution in [3.63, 3.8) is 0 Å². The van der Waals surface area contributed by atoms with Crippen LogP contribution >= 0.6 is 0 Å². The summed E-state index contributed by atoms with van der Waals surface area (Å²) in [5.41, 5.74) is 2.92. The number of aliphatic hydroxyl groups is 1. The zero-order valence-electron chi connectivity index (χ0n) is 19.6. The maximum atomic E-state index is 13.2. The van der Waals surface area contributed by atoms with Gasteiger partial charge in [0, 0.05) is 54.7 Å². The van der Waals surface area contributed by atoms with E-state index in [9.17, 15) is 14.7 Å². The van der Waals surface area contributed by atoms with Crippen LogP contribution in [0.4, 0.5) is 0 Å². The standard InChI is InChI=1S/C25H29N5O4/c1-28(2)11-21(32)30-15-25(13-29(14-25)24(33)16-5-4-8-26-10-16)22-18-7-6-17(34-3)9-19(18)27-23(22)20(30)12-31/h4-10,20,27,31H,11-15H2,1-3H3/t20-/m1/s1. The zero-order chi connectivity index (χ0) is 24.0. The lowest BCUT2D eigenvalue weighted by atomic mass is 9.68. The molecule has 2 aliphatic heterocycles. The first-order valence-corrected chi connectivity index (χ1v) is 11.3. The molecule has 1 fully saturated rings. The molecule has 1 atom stereocenters. The van der Waals surface area contributed by atoms with Gasteiger partial charge in [0.25, 0.3) is 5.91 Å². The smallest absolute Gasteiger partial charge is 0.255 e. The number of carbonyl (C=O) groups excluding carboxylic acids is 2. The molecule has 1 saturated heterocycles. The van der Waals surface area contributed by atoms with Crippen LogP contribution in [0.15, 0.2) is 42.7 Å². The van der Waals surface area contributed by atoms with E-state index in [0.29, 0.717) is 25.2 Å². The molecule has 9 heteroatoms. The van der Waals surface area contributed by atoms with Gasteiger partial charge in [-0.25, -0.2) is 0 Å². The van der Waals surface area contributed by atoms with Crippen LogP contribution in [0.25, 0.3) is 10.9 Å². The zero-order valence-corrected chi connectivity index (χ0v) is 19.6. The lowest BCUT2D eigenvalue weighted by Crippen LogP contribution is -2.68. The molecule has 4 heterocycles. The Balaban J connectivity index is 1.57. The van der Waals surface area contributed by atoms with Crippen molar-refractivity contribution < 1.29 is 19.4 Å². The van der Waals surface area contributed by atoms with Crippen molar-refractivity contribution in [3.8, 4) is 5.75 Å². The van der Waals surface area contributed by atoms with E-state index in [1.165, 1.54) is 0 Å². The number of nitrogens with zero attached hydrogens (tertiary/aromatic N) is 4. The quantitative estimate of drug-likeness (QED) is 0.593. The monoisotopic (exact) mass is 463 g/mol. The minimum Gasteiger partial charge on any atom is -0.497 e. The van der Waals surface area contributed by atoms with Crippen LogP contribution in [-0.2, 0) is 10.2 Å². The van der Waals surface area contributed by atoms with Gasteiger partial charge in [0.15, 0.2) is 0 Å². The lowest BCUT2D eigenvalue weighted by molar-refractivity contribution is -0.139. The SMILES string of the molecule is COc1ccc2c3c([nH]c2c1)[C@@H](CO)N(C(=O)CN(C)C)CC31CN(C(=O)c2cccnc2)C1. The number of H-pyrrole nitrogens is 1. The topological polar surface area (TPSA) is 102 Å². The predicted octanol–water partition coefficient (Wildman–Crippen LogP) is 1.40. The molecule has 2 amide bonds. The first-order valence-electron chi connectivity index (χ1n) is 11.3. The number of likely N-dealkylation sites (tertiary alicyclic amines) is 1. The van der Waals surface area contributed by atoms with Crippen molar-refractivity contribution >= 4 is 22.7 Å². The number of pyridine rings is 1. The number of fused-ring (bicyclic) bond motifs is 4. The van der Waals surface area contributed by atoms with E-state index in [0.717, 1.165) is 27.9 Å². The number of carbonyl (C=O) groups is 2. The molecular formula is C25H29N5O4. The summed E-state index contributed by atoms with van der Waals surface area (Å²) >= 11 is 0. The van der Waals surface area contributed by atoms with Gasteiger partial charge in [-0.15, -0.1) is 0 Å². The molecule has 9 nitrogen and oxygen atoms in total. The van der Waals surface area contributed by atoms with Crippen LogP contribution in [0.1, 0.15) is 27.7 Å². The molecule has 0 saturated carbocycles. The molecule has 178 valence electrons. The largest absolute Gasteiger partial charge is 0.497 e. The van der Waals surface area contributed by atoms with Gasteiger partial charge >= 0.3 is 0 Å². The van der Waals surface area contributed by atoms with Crippen LogP contribution in [0.5, 0.6) is 5.75 Å². The highest BCUT2D eigenvalue weighted by molar-refractivity contribution is 5.96. The van der Waals surface area contributed by atoms with Crippen LogP contribution in [-0.4, -0.2) is 95.6 Å². The molecule has 5 rings (SSSR count). The van der Waals surface area contributed by atoms with Crippen molar-refractivity contribution in [1.82, 2.24) is 24.7 Å². The summed E-state index contributed by atoms with van der Waals surface area (Å²) in [6.07, 6.45) is 3.22. The average molecular weight is 464 g/mol. The van der Waals surface area contributed by atoms with Crippen molar-refractivity contribution in [2.75, 3.05) is 54.0 Å². The number of aromatic nitrogens is 2. The summed E-state index contributed by atoms with van der Waals surface area (Å²) in [7, 11) is 5.32. The number of amides is 2. The number of rotatable bonds is 5. The highest BCUT2D eigenvalue weighted by Gasteiger charge is 2.55. The summed E-state index contributed by atoms with van der Waals surface area (Å²) in [4.78, 5) is 39.2. The third-order valence-corrected chi connectivity index (χ3v) is 6.88. The molecule has 1 aromatic carbocycles. The van der Waals surface area contributed by atoms with Gasteiger partial charge in [0.05, 0.1) is 37.3 Å².